The highest BCUT2D eigenvalue weighted by Crippen LogP contribution is 2.25. The van der Waals surface area contributed by atoms with Gasteiger partial charge in [0.2, 0.25) is 0 Å². The van der Waals surface area contributed by atoms with Gasteiger partial charge in [-0.25, -0.2) is 12.8 Å². The lowest BCUT2D eigenvalue weighted by Crippen LogP contribution is -2.36. The Labute approximate surface area is 184 Å². The normalized spacial score (nSPS) is 17.3. The Balaban J connectivity index is 1.61. The van der Waals surface area contributed by atoms with Crippen molar-refractivity contribution < 1.29 is 17.6 Å². The Hall–Kier alpha value is -2.45. The highest BCUT2D eigenvalue weighted by molar-refractivity contribution is 7.92. The highest BCUT2D eigenvalue weighted by atomic mass is 32.2. The monoisotopic (exact) mass is 447 g/mol. The third-order valence-electron chi connectivity index (χ3n) is 5.62. The molecule has 1 aliphatic heterocycles. The Kier molecular flexibility index (Phi) is 7.67. The van der Waals surface area contributed by atoms with Crippen LogP contribution in [0, 0.1) is 11.7 Å². The van der Waals surface area contributed by atoms with Crippen LogP contribution in [0.4, 0.5) is 10.1 Å². The number of hydrogen-bond donors (Lipinski definition) is 1. The van der Waals surface area contributed by atoms with Crippen LogP contribution in [0.5, 0.6) is 0 Å². The van der Waals surface area contributed by atoms with Crippen LogP contribution in [0.15, 0.2) is 53.4 Å². The third-order valence-corrected chi connectivity index (χ3v) is 7.39. The van der Waals surface area contributed by atoms with Crippen LogP contribution in [0.1, 0.15) is 36.5 Å². The van der Waals surface area contributed by atoms with Crippen LogP contribution in [-0.2, 0) is 10.0 Å². The van der Waals surface area contributed by atoms with Gasteiger partial charge in [-0.05, 0) is 68.6 Å². The first-order valence-electron chi connectivity index (χ1n) is 10.6. The van der Waals surface area contributed by atoms with E-state index in [0.717, 1.165) is 36.3 Å². The summed E-state index contributed by atoms with van der Waals surface area (Å²) in [5.41, 5.74) is 0.207. The molecule has 0 unspecified atom stereocenters. The number of para-hydroxylation sites is 1. The second kappa shape index (κ2) is 10.2. The first-order chi connectivity index (χ1) is 14.8. The van der Waals surface area contributed by atoms with E-state index in [9.17, 15) is 17.6 Å². The summed E-state index contributed by atoms with van der Waals surface area (Å²) >= 11 is 0. The molecule has 8 heteroatoms. The van der Waals surface area contributed by atoms with Gasteiger partial charge in [0.05, 0.1) is 10.6 Å². The molecule has 168 valence electrons. The molecule has 0 saturated carbocycles. The first kappa shape index (κ1) is 23.2. The molecule has 0 radical (unpaired) electrons. The van der Waals surface area contributed by atoms with E-state index in [0.29, 0.717) is 6.54 Å². The van der Waals surface area contributed by atoms with E-state index in [1.807, 2.05) is 0 Å². The van der Waals surface area contributed by atoms with Crippen LogP contribution < -0.4 is 9.62 Å². The summed E-state index contributed by atoms with van der Waals surface area (Å²) in [4.78, 5) is 14.9. The molecular weight excluding hydrogens is 417 g/mol. The Bertz CT molecular complexity index is 1010. The molecule has 31 heavy (non-hydrogen) atoms. The molecule has 1 saturated heterocycles. The molecular formula is C23H30FN3O3S. The third kappa shape index (κ3) is 5.83. The fourth-order valence-electron chi connectivity index (χ4n) is 3.89. The smallest absolute Gasteiger partial charge is 0.264 e. The summed E-state index contributed by atoms with van der Waals surface area (Å²) in [6.07, 6.45) is 3.33. The van der Waals surface area contributed by atoms with Gasteiger partial charge in [0.1, 0.15) is 5.82 Å². The van der Waals surface area contributed by atoms with Crippen LogP contribution in [0.2, 0.25) is 0 Å². The molecule has 1 atom stereocenters. The zero-order valence-corrected chi connectivity index (χ0v) is 18.9. The number of halogens is 1. The van der Waals surface area contributed by atoms with E-state index in [-0.39, 0.29) is 22.1 Å². The Morgan fingerprint density at radius 2 is 2.00 bits per heavy atom. The zero-order chi connectivity index (χ0) is 22.4. The average molecular weight is 448 g/mol. The van der Waals surface area contributed by atoms with Gasteiger partial charge in [-0.15, -0.1) is 0 Å². The van der Waals surface area contributed by atoms with Gasteiger partial charge in [-0.1, -0.05) is 25.1 Å². The van der Waals surface area contributed by atoms with Crippen LogP contribution in [-0.4, -0.2) is 52.5 Å². The average Bonchev–Trinajstić information content (AvgIpc) is 2.76. The Morgan fingerprint density at radius 3 is 2.74 bits per heavy atom. The maximum atomic E-state index is 14.0. The minimum Gasteiger partial charge on any atom is -0.352 e. The number of anilines is 1. The van der Waals surface area contributed by atoms with Gasteiger partial charge in [0.15, 0.2) is 0 Å². The summed E-state index contributed by atoms with van der Waals surface area (Å²) < 4.78 is 40.8. The molecule has 1 N–H and O–H groups in total. The van der Waals surface area contributed by atoms with Gasteiger partial charge in [0.25, 0.3) is 15.9 Å². The lowest BCUT2D eigenvalue weighted by molar-refractivity contribution is 0.0950. The molecule has 0 aromatic heterocycles. The number of piperidine rings is 1. The maximum Gasteiger partial charge on any atom is 0.264 e. The molecule has 3 rings (SSSR count). The highest BCUT2D eigenvalue weighted by Gasteiger charge is 2.24. The van der Waals surface area contributed by atoms with Crippen molar-refractivity contribution in [3.8, 4) is 0 Å². The lowest BCUT2D eigenvalue weighted by atomic mass is 10.0. The largest absolute Gasteiger partial charge is 0.352 e. The first-order valence-corrected chi connectivity index (χ1v) is 12.1. The van der Waals surface area contributed by atoms with Gasteiger partial charge in [-0.2, -0.15) is 0 Å². The van der Waals surface area contributed by atoms with Crippen molar-refractivity contribution in [2.45, 2.75) is 31.1 Å². The van der Waals surface area contributed by atoms with Crippen LogP contribution in [0.25, 0.3) is 0 Å². The fourth-order valence-corrected chi connectivity index (χ4v) is 5.14. The predicted octanol–water partition coefficient (Wildman–Crippen LogP) is 3.50. The molecule has 1 amide bonds. The van der Waals surface area contributed by atoms with Crippen molar-refractivity contribution in [3.63, 3.8) is 0 Å². The predicted molar refractivity (Wildman–Crippen MR) is 120 cm³/mol. The van der Waals surface area contributed by atoms with E-state index < -0.39 is 15.8 Å². The van der Waals surface area contributed by atoms with Gasteiger partial charge in [-0.3, -0.25) is 9.10 Å². The number of rotatable bonds is 8. The number of carbonyl (C=O) groups excluding carboxylic acids is 1. The summed E-state index contributed by atoms with van der Waals surface area (Å²) in [5, 5.41) is 2.86. The van der Waals surface area contributed by atoms with Crippen molar-refractivity contribution in [1.82, 2.24) is 10.2 Å². The fraction of sp³-hybridized carbons (Fsp3) is 0.435. The number of benzene rings is 2. The molecule has 2 aromatic rings. The van der Waals surface area contributed by atoms with Gasteiger partial charge in [0, 0.05) is 25.7 Å². The molecule has 0 aliphatic carbocycles. The zero-order valence-electron chi connectivity index (χ0n) is 18.1. The van der Waals surface area contributed by atoms with Gasteiger partial charge < -0.3 is 10.2 Å². The molecule has 0 bridgehead atoms. The number of hydrogen-bond acceptors (Lipinski definition) is 4. The summed E-state index contributed by atoms with van der Waals surface area (Å²) in [5.74, 6) is -0.237. The molecule has 0 spiro atoms. The number of carbonyl (C=O) groups is 1. The molecule has 6 nitrogen and oxygen atoms in total. The number of nitrogens with zero attached hydrogens (tertiary/aromatic N) is 2. The quantitative estimate of drug-likeness (QED) is 0.629. The minimum absolute atomic E-state index is 0.0515. The van der Waals surface area contributed by atoms with Gasteiger partial charge >= 0.3 is 0 Å². The number of likely N-dealkylation sites (tertiary alicyclic amines) is 1. The second-order valence-corrected chi connectivity index (χ2v) is 10.1. The molecule has 2 aromatic carbocycles. The second-order valence-electron chi connectivity index (χ2n) is 8.11. The van der Waals surface area contributed by atoms with E-state index in [1.165, 1.54) is 56.3 Å². The van der Waals surface area contributed by atoms with E-state index in [4.69, 9.17) is 0 Å². The van der Waals surface area contributed by atoms with E-state index in [2.05, 4.69) is 17.1 Å². The SMILES string of the molecule is C[C@H]1CCCN(CCCNC(=O)c2cccc(S(=O)(=O)N(C)c3ccccc3F)c2)C1. The van der Waals surface area contributed by atoms with E-state index in [1.54, 1.807) is 12.1 Å². The summed E-state index contributed by atoms with van der Waals surface area (Å²) in [6.45, 7) is 5.93. The lowest BCUT2D eigenvalue weighted by Gasteiger charge is -2.30. The topological polar surface area (TPSA) is 69.7 Å². The van der Waals surface area contributed by atoms with Crippen LogP contribution >= 0.6 is 0 Å². The molecule has 1 aliphatic rings. The van der Waals surface area contributed by atoms with Crippen LogP contribution in [0.3, 0.4) is 0 Å². The number of sulfonamides is 1. The summed E-state index contributed by atoms with van der Waals surface area (Å²) in [6, 6.07) is 11.5. The number of amides is 1. The van der Waals surface area contributed by atoms with Crippen molar-refractivity contribution in [2.24, 2.45) is 5.92 Å². The Morgan fingerprint density at radius 1 is 1.23 bits per heavy atom. The van der Waals surface area contributed by atoms with Crippen molar-refractivity contribution in [2.75, 3.05) is 37.5 Å². The van der Waals surface area contributed by atoms with Crippen molar-refractivity contribution >= 4 is 21.6 Å². The van der Waals surface area contributed by atoms with Crippen molar-refractivity contribution in [1.29, 1.82) is 0 Å². The minimum atomic E-state index is -4.01. The van der Waals surface area contributed by atoms with E-state index >= 15 is 0 Å². The standard InChI is InChI=1S/C23H30FN3O3S/c1-18-8-6-14-27(17-18)15-7-13-25-23(28)19-9-5-10-20(16-19)31(29,30)26(2)22-12-4-3-11-21(22)24/h3-5,9-12,16,18H,6-8,13-15,17H2,1-2H3,(H,25,28)/t18-/m0/s1. The number of nitrogens with one attached hydrogen (secondary N) is 1. The summed E-state index contributed by atoms with van der Waals surface area (Å²) in [7, 11) is -2.72. The molecule has 1 heterocycles. The van der Waals surface area contributed by atoms with Crippen molar-refractivity contribution in [3.05, 3.63) is 59.9 Å². The maximum absolute atomic E-state index is 14.0. The molecule has 1 fully saturated rings.